The number of rotatable bonds is 2. The lowest BCUT2D eigenvalue weighted by molar-refractivity contribution is -0.127. The predicted octanol–water partition coefficient (Wildman–Crippen LogP) is -0.175. The van der Waals surface area contributed by atoms with Gasteiger partial charge in [-0.2, -0.15) is 0 Å². The van der Waals surface area contributed by atoms with Gasteiger partial charge in [0, 0.05) is 12.6 Å². The van der Waals surface area contributed by atoms with Crippen LogP contribution in [0.2, 0.25) is 0 Å². The summed E-state index contributed by atoms with van der Waals surface area (Å²) in [6, 6.07) is -0.576. The minimum atomic E-state index is -0.634. The summed E-state index contributed by atoms with van der Waals surface area (Å²) in [5.74, 6) is -0.508. The van der Waals surface area contributed by atoms with E-state index in [1.807, 2.05) is 0 Å². The lowest BCUT2D eigenvalue weighted by Crippen LogP contribution is -2.58. The van der Waals surface area contributed by atoms with Gasteiger partial charge in [0.15, 0.2) is 0 Å². The first-order valence-electron chi connectivity index (χ1n) is 6.12. The maximum Gasteiger partial charge on any atom is 0.318 e. The first-order chi connectivity index (χ1) is 8.18. The van der Waals surface area contributed by atoms with Gasteiger partial charge in [-0.1, -0.05) is 12.8 Å². The van der Waals surface area contributed by atoms with Crippen LogP contribution in [0.4, 0.5) is 4.79 Å². The second-order valence-corrected chi connectivity index (χ2v) is 4.62. The first kappa shape index (κ1) is 12.2. The molecule has 2 fully saturated rings. The number of primary amides is 1. The van der Waals surface area contributed by atoms with Crippen molar-refractivity contribution in [3.63, 3.8) is 0 Å². The Balaban J connectivity index is 1.93. The zero-order valence-electron chi connectivity index (χ0n) is 9.85. The number of nitrogens with two attached hydrogens (primary N) is 1. The molecule has 17 heavy (non-hydrogen) atoms. The van der Waals surface area contributed by atoms with E-state index < -0.39 is 11.9 Å². The van der Waals surface area contributed by atoms with Crippen molar-refractivity contribution in [3.05, 3.63) is 0 Å². The van der Waals surface area contributed by atoms with E-state index in [1.54, 1.807) is 0 Å². The summed E-state index contributed by atoms with van der Waals surface area (Å²) in [5.41, 5.74) is 5.26. The second kappa shape index (κ2) is 5.35. The third-order valence-corrected chi connectivity index (χ3v) is 3.40. The number of nitrogens with one attached hydrogen (secondary N) is 1. The van der Waals surface area contributed by atoms with Gasteiger partial charge in [0.05, 0.1) is 13.2 Å². The molecule has 1 unspecified atom stereocenters. The Kier molecular flexibility index (Phi) is 3.83. The number of carbonyl (C=O) groups is 2. The van der Waals surface area contributed by atoms with E-state index in [4.69, 9.17) is 10.5 Å². The van der Waals surface area contributed by atoms with Crippen LogP contribution in [0.5, 0.6) is 0 Å². The number of morpholine rings is 1. The summed E-state index contributed by atoms with van der Waals surface area (Å²) in [7, 11) is 0. The molecule has 0 bridgehead atoms. The topological polar surface area (TPSA) is 84.7 Å². The number of hydrogen-bond acceptors (Lipinski definition) is 3. The molecule has 0 aromatic heterocycles. The molecule has 96 valence electrons. The van der Waals surface area contributed by atoms with Crippen molar-refractivity contribution in [2.45, 2.75) is 37.8 Å². The average molecular weight is 241 g/mol. The summed E-state index contributed by atoms with van der Waals surface area (Å²) >= 11 is 0. The molecule has 1 aliphatic carbocycles. The molecule has 1 aliphatic heterocycles. The van der Waals surface area contributed by atoms with Gasteiger partial charge in [0.2, 0.25) is 5.91 Å². The van der Waals surface area contributed by atoms with Gasteiger partial charge in [0.1, 0.15) is 6.04 Å². The number of hydrogen-bond donors (Lipinski definition) is 2. The molecule has 1 atom stereocenters. The van der Waals surface area contributed by atoms with E-state index in [9.17, 15) is 9.59 Å². The third kappa shape index (κ3) is 2.88. The molecule has 6 heteroatoms. The highest BCUT2D eigenvalue weighted by Gasteiger charge is 2.32. The fourth-order valence-electron chi connectivity index (χ4n) is 2.41. The van der Waals surface area contributed by atoms with Crippen LogP contribution in [-0.2, 0) is 9.53 Å². The Morgan fingerprint density at radius 1 is 1.29 bits per heavy atom. The molecule has 2 aliphatic rings. The van der Waals surface area contributed by atoms with Crippen LogP contribution in [0, 0.1) is 0 Å². The molecule has 0 radical (unpaired) electrons. The maximum atomic E-state index is 12.0. The Morgan fingerprint density at radius 3 is 2.65 bits per heavy atom. The van der Waals surface area contributed by atoms with Crippen molar-refractivity contribution >= 4 is 11.9 Å². The van der Waals surface area contributed by atoms with Gasteiger partial charge in [-0.25, -0.2) is 4.79 Å². The van der Waals surface area contributed by atoms with Crippen LogP contribution >= 0.6 is 0 Å². The van der Waals surface area contributed by atoms with Gasteiger partial charge in [-0.3, -0.25) is 4.79 Å². The molecule has 2 rings (SSSR count). The number of carbonyl (C=O) groups excluding carboxylic acids is 2. The molecule has 1 saturated heterocycles. The number of nitrogens with zero attached hydrogens (tertiary/aromatic N) is 1. The molecule has 1 heterocycles. The summed E-state index contributed by atoms with van der Waals surface area (Å²) in [5, 5.41) is 2.96. The normalized spacial score (nSPS) is 25.9. The lowest BCUT2D eigenvalue weighted by Gasteiger charge is -2.34. The Hall–Kier alpha value is -1.30. The van der Waals surface area contributed by atoms with Gasteiger partial charge >= 0.3 is 6.03 Å². The van der Waals surface area contributed by atoms with Gasteiger partial charge in [0.25, 0.3) is 0 Å². The molecular formula is C11H19N3O3. The molecule has 3 amide bonds. The van der Waals surface area contributed by atoms with Crippen LogP contribution in [0.1, 0.15) is 25.7 Å². The lowest BCUT2D eigenvalue weighted by atomic mass is 10.2. The summed E-state index contributed by atoms with van der Waals surface area (Å²) in [4.78, 5) is 24.7. The smallest absolute Gasteiger partial charge is 0.318 e. The van der Waals surface area contributed by atoms with Crippen LogP contribution in [0.3, 0.4) is 0 Å². The minimum absolute atomic E-state index is 0.191. The van der Waals surface area contributed by atoms with E-state index in [1.165, 1.54) is 4.90 Å². The summed E-state index contributed by atoms with van der Waals surface area (Å²) < 4.78 is 5.17. The SMILES string of the molecule is NC(=O)C1COCCN1C(=O)NC1CCCC1. The predicted molar refractivity (Wildman–Crippen MR) is 61.3 cm³/mol. The number of urea groups is 1. The quantitative estimate of drug-likeness (QED) is 0.703. The molecular weight excluding hydrogens is 222 g/mol. The molecule has 3 N–H and O–H groups in total. The van der Waals surface area contributed by atoms with Crippen molar-refractivity contribution in [1.29, 1.82) is 0 Å². The molecule has 0 aromatic carbocycles. The summed E-state index contributed by atoms with van der Waals surface area (Å²) in [6.45, 7) is 1.08. The third-order valence-electron chi connectivity index (χ3n) is 3.40. The Labute approximate surface area is 100 Å². The van der Waals surface area contributed by atoms with Gasteiger partial charge in [-0.05, 0) is 12.8 Å². The molecule has 0 aromatic rings. The molecule has 6 nitrogen and oxygen atoms in total. The fraction of sp³-hybridized carbons (Fsp3) is 0.818. The minimum Gasteiger partial charge on any atom is -0.377 e. The van der Waals surface area contributed by atoms with E-state index in [0.29, 0.717) is 13.2 Å². The van der Waals surface area contributed by atoms with Gasteiger partial charge < -0.3 is 20.7 Å². The molecule has 1 saturated carbocycles. The Morgan fingerprint density at radius 2 is 2.00 bits per heavy atom. The highest BCUT2D eigenvalue weighted by atomic mass is 16.5. The highest BCUT2D eigenvalue weighted by Crippen LogP contribution is 2.18. The summed E-state index contributed by atoms with van der Waals surface area (Å²) in [6.07, 6.45) is 4.37. The van der Waals surface area contributed by atoms with Crippen molar-refractivity contribution in [2.75, 3.05) is 19.8 Å². The van der Waals surface area contributed by atoms with E-state index in [-0.39, 0.29) is 18.7 Å². The van der Waals surface area contributed by atoms with Crippen molar-refractivity contribution in [2.24, 2.45) is 5.73 Å². The molecule has 0 spiro atoms. The average Bonchev–Trinajstić information content (AvgIpc) is 2.81. The Bertz CT molecular complexity index is 302. The van der Waals surface area contributed by atoms with E-state index >= 15 is 0 Å². The standard InChI is InChI=1S/C11H19N3O3/c12-10(15)9-7-17-6-5-14(9)11(16)13-8-3-1-2-4-8/h8-9H,1-7H2,(H2,12,15)(H,13,16). The van der Waals surface area contributed by atoms with Crippen LogP contribution in [0.15, 0.2) is 0 Å². The monoisotopic (exact) mass is 241 g/mol. The first-order valence-corrected chi connectivity index (χ1v) is 6.12. The second-order valence-electron chi connectivity index (χ2n) is 4.62. The van der Waals surface area contributed by atoms with E-state index in [0.717, 1.165) is 25.7 Å². The van der Waals surface area contributed by atoms with Crippen LogP contribution < -0.4 is 11.1 Å². The number of ether oxygens (including phenoxy) is 1. The zero-order chi connectivity index (χ0) is 12.3. The highest BCUT2D eigenvalue weighted by molar-refractivity contribution is 5.86. The van der Waals surface area contributed by atoms with E-state index in [2.05, 4.69) is 5.32 Å². The maximum absolute atomic E-state index is 12.0. The van der Waals surface area contributed by atoms with Crippen LogP contribution in [-0.4, -0.2) is 48.7 Å². The fourth-order valence-corrected chi connectivity index (χ4v) is 2.41. The van der Waals surface area contributed by atoms with Gasteiger partial charge in [-0.15, -0.1) is 0 Å². The van der Waals surface area contributed by atoms with Crippen molar-refractivity contribution < 1.29 is 14.3 Å². The number of amides is 3. The van der Waals surface area contributed by atoms with Crippen molar-refractivity contribution in [3.8, 4) is 0 Å². The zero-order valence-corrected chi connectivity index (χ0v) is 9.85. The van der Waals surface area contributed by atoms with Crippen LogP contribution in [0.25, 0.3) is 0 Å². The van der Waals surface area contributed by atoms with Crippen molar-refractivity contribution in [1.82, 2.24) is 10.2 Å². The largest absolute Gasteiger partial charge is 0.377 e.